The van der Waals surface area contributed by atoms with Crippen LogP contribution in [0.2, 0.25) is 0 Å². The van der Waals surface area contributed by atoms with E-state index in [9.17, 15) is 19.7 Å². The highest BCUT2D eigenvalue weighted by Gasteiger charge is 2.31. The molecule has 0 radical (unpaired) electrons. The van der Waals surface area contributed by atoms with Gasteiger partial charge in [0, 0.05) is 25.6 Å². The molecule has 0 bridgehead atoms. The van der Waals surface area contributed by atoms with Gasteiger partial charge in [0.25, 0.3) is 5.69 Å². The number of nitro benzene ring substituents is 1. The zero-order valence-electron chi connectivity index (χ0n) is 15.4. The number of para-hydroxylation sites is 2. The van der Waals surface area contributed by atoms with Crippen LogP contribution < -0.4 is 10.6 Å². The quantitative estimate of drug-likeness (QED) is 0.326. The van der Waals surface area contributed by atoms with Crippen LogP contribution in [0.5, 0.6) is 0 Å². The van der Waals surface area contributed by atoms with Crippen molar-refractivity contribution < 1.29 is 19.2 Å². The maximum absolute atomic E-state index is 12.7. The number of hydrogen-bond donors (Lipinski definition) is 2. The molecule has 1 aliphatic heterocycles. The summed E-state index contributed by atoms with van der Waals surface area (Å²) in [5.74, 6) is -1.67. The molecule has 3 rings (SSSR count). The summed E-state index contributed by atoms with van der Waals surface area (Å²) in [6.07, 6.45) is 0.224. The smallest absolute Gasteiger partial charge is 0.336 e. The third-order valence-electron chi connectivity index (χ3n) is 4.59. The van der Waals surface area contributed by atoms with Crippen LogP contribution in [0.25, 0.3) is 0 Å². The number of aryl methyl sites for hydroxylation is 1. The van der Waals surface area contributed by atoms with Gasteiger partial charge >= 0.3 is 11.9 Å². The lowest BCUT2D eigenvalue weighted by Gasteiger charge is -2.25. The second-order valence-corrected chi connectivity index (χ2v) is 6.76. The Morgan fingerprint density at radius 2 is 1.89 bits per heavy atom. The molecule has 8 nitrogen and oxygen atoms in total. The minimum Gasteiger partial charge on any atom is -0.391 e. The molecule has 0 amide bonds. The molecule has 0 saturated carbocycles. The third kappa shape index (κ3) is 4.72. The summed E-state index contributed by atoms with van der Waals surface area (Å²) in [5, 5.41) is 17.1. The first kappa shape index (κ1) is 19.5. The molecular formula is C20H21N3O5. The number of nitrogens with one attached hydrogen (secondary N) is 2. The predicted octanol–water partition coefficient (Wildman–Crippen LogP) is 2.22. The summed E-state index contributed by atoms with van der Waals surface area (Å²) in [4.78, 5) is 35.4. The minimum atomic E-state index is -0.944. The molecule has 28 heavy (non-hydrogen) atoms. The first-order valence-corrected chi connectivity index (χ1v) is 8.96. The number of nitrogens with zero attached hydrogens (tertiary/aromatic N) is 1. The van der Waals surface area contributed by atoms with Gasteiger partial charge in [0.05, 0.1) is 10.8 Å². The molecule has 2 aromatic carbocycles. The lowest BCUT2D eigenvalue weighted by atomic mass is 10.0. The fourth-order valence-corrected chi connectivity index (χ4v) is 2.80. The van der Waals surface area contributed by atoms with Crippen LogP contribution in [0.3, 0.4) is 0 Å². The number of ether oxygens (including phenoxy) is 1. The van der Waals surface area contributed by atoms with Gasteiger partial charge in [0.1, 0.15) is 11.7 Å². The summed E-state index contributed by atoms with van der Waals surface area (Å²) in [5.41, 5.74) is 1.96. The van der Waals surface area contributed by atoms with Crippen molar-refractivity contribution in [2.75, 3.05) is 18.4 Å². The van der Waals surface area contributed by atoms with Crippen molar-refractivity contribution in [3.63, 3.8) is 0 Å². The zero-order valence-corrected chi connectivity index (χ0v) is 15.4. The second-order valence-electron chi connectivity index (χ2n) is 6.76. The summed E-state index contributed by atoms with van der Waals surface area (Å²) < 4.78 is 5.03. The van der Waals surface area contributed by atoms with E-state index in [1.165, 1.54) is 12.1 Å². The SMILES string of the molecule is Cc1ccc(C[C@H](Nc2ccccc2[N+](=O)[O-])C(=O)OC(=O)C2CNC2)cc1. The summed E-state index contributed by atoms with van der Waals surface area (Å²) >= 11 is 0. The van der Waals surface area contributed by atoms with Gasteiger partial charge in [0.15, 0.2) is 0 Å². The van der Waals surface area contributed by atoms with Crippen molar-refractivity contribution in [1.29, 1.82) is 0 Å². The van der Waals surface area contributed by atoms with Gasteiger partial charge in [-0.2, -0.15) is 0 Å². The van der Waals surface area contributed by atoms with Crippen LogP contribution in [-0.4, -0.2) is 36.0 Å². The first-order valence-electron chi connectivity index (χ1n) is 8.96. The fourth-order valence-electron chi connectivity index (χ4n) is 2.80. The number of esters is 2. The average Bonchev–Trinajstić information content (AvgIpc) is 2.61. The topological polar surface area (TPSA) is 111 Å². The van der Waals surface area contributed by atoms with Crippen molar-refractivity contribution >= 4 is 23.3 Å². The van der Waals surface area contributed by atoms with Crippen molar-refractivity contribution in [3.8, 4) is 0 Å². The normalized spacial score (nSPS) is 14.6. The number of anilines is 1. The number of rotatable bonds is 7. The molecule has 1 fully saturated rings. The van der Waals surface area contributed by atoms with Gasteiger partial charge in [-0.1, -0.05) is 42.0 Å². The highest BCUT2D eigenvalue weighted by atomic mass is 16.6. The summed E-state index contributed by atoms with van der Waals surface area (Å²) in [6.45, 7) is 2.91. The minimum absolute atomic E-state index is 0.154. The van der Waals surface area contributed by atoms with Crippen molar-refractivity contribution in [1.82, 2.24) is 5.32 Å². The predicted molar refractivity (Wildman–Crippen MR) is 103 cm³/mol. The Bertz CT molecular complexity index is 878. The molecule has 0 aliphatic carbocycles. The van der Waals surface area contributed by atoms with Gasteiger partial charge in [-0.05, 0) is 18.6 Å². The van der Waals surface area contributed by atoms with Crippen molar-refractivity contribution in [2.24, 2.45) is 5.92 Å². The number of nitro groups is 1. The molecule has 146 valence electrons. The lowest BCUT2D eigenvalue weighted by molar-refractivity contribution is -0.384. The Hall–Kier alpha value is -3.26. The van der Waals surface area contributed by atoms with Crippen LogP contribution in [0.4, 0.5) is 11.4 Å². The van der Waals surface area contributed by atoms with Gasteiger partial charge in [0.2, 0.25) is 0 Å². The van der Waals surface area contributed by atoms with Gasteiger partial charge < -0.3 is 15.4 Å². The molecule has 0 aromatic heterocycles. The van der Waals surface area contributed by atoms with Crippen LogP contribution >= 0.6 is 0 Å². The van der Waals surface area contributed by atoms with Gasteiger partial charge in [-0.25, -0.2) is 4.79 Å². The van der Waals surface area contributed by atoms with E-state index in [2.05, 4.69) is 10.6 Å². The maximum atomic E-state index is 12.7. The molecule has 1 saturated heterocycles. The first-order chi connectivity index (χ1) is 13.4. The van der Waals surface area contributed by atoms with E-state index in [-0.39, 0.29) is 23.7 Å². The maximum Gasteiger partial charge on any atom is 0.336 e. The Balaban J connectivity index is 1.81. The Kier molecular flexibility index (Phi) is 6.00. The average molecular weight is 383 g/mol. The van der Waals surface area contributed by atoms with E-state index in [0.717, 1.165) is 11.1 Å². The Labute approximate surface area is 162 Å². The highest BCUT2D eigenvalue weighted by molar-refractivity contribution is 5.92. The third-order valence-corrected chi connectivity index (χ3v) is 4.59. The van der Waals surface area contributed by atoms with Crippen LogP contribution in [0, 0.1) is 23.0 Å². The fraction of sp³-hybridized carbons (Fsp3) is 0.300. The van der Waals surface area contributed by atoms with Gasteiger partial charge in [-0.3, -0.25) is 14.9 Å². The zero-order chi connectivity index (χ0) is 20.1. The van der Waals surface area contributed by atoms with Gasteiger partial charge in [-0.15, -0.1) is 0 Å². The number of carbonyl (C=O) groups excluding carboxylic acids is 2. The molecular weight excluding hydrogens is 362 g/mol. The summed E-state index contributed by atoms with van der Waals surface area (Å²) in [7, 11) is 0. The van der Waals surface area contributed by atoms with E-state index in [1.807, 2.05) is 31.2 Å². The van der Waals surface area contributed by atoms with Crippen molar-refractivity contribution in [2.45, 2.75) is 19.4 Å². The second kappa shape index (κ2) is 8.62. The molecule has 0 spiro atoms. The standard InChI is InChI=1S/C20H21N3O5/c1-13-6-8-14(9-7-13)10-17(20(25)28-19(24)15-11-21-12-15)22-16-4-2-3-5-18(16)23(26)27/h2-9,15,17,21-22H,10-12H2,1H3/t17-/m0/s1. The highest BCUT2D eigenvalue weighted by Crippen LogP contribution is 2.25. The number of benzene rings is 2. The molecule has 1 atom stereocenters. The Morgan fingerprint density at radius 1 is 1.21 bits per heavy atom. The molecule has 1 heterocycles. The van der Waals surface area contributed by atoms with Crippen LogP contribution in [-0.2, 0) is 20.7 Å². The molecule has 0 unspecified atom stereocenters. The summed E-state index contributed by atoms with van der Waals surface area (Å²) in [6, 6.07) is 12.7. The number of carbonyl (C=O) groups is 2. The molecule has 8 heteroatoms. The van der Waals surface area contributed by atoms with Crippen molar-refractivity contribution in [3.05, 3.63) is 69.8 Å². The molecule has 2 aromatic rings. The lowest BCUT2D eigenvalue weighted by Crippen LogP contribution is -2.48. The number of hydrogen-bond acceptors (Lipinski definition) is 7. The van der Waals surface area contributed by atoms with E-state index >= 15 is 0 Å². The van der Waals surface area contributed by atoms with E-state index < -0.39 is 22.9 Å². The molecule has 2 N–H and O–H groups in total. The van der Waals surface area contributed by atoms with Crippen LogP contribution in [0.15, 0.2) is 48.5 Å². The van der Waals surface area contributed by atoms with Crippen LogP contribution in [0.1, 0.15) is 11.1 Å². The van der Waals surface area contributed by atoms with E-state index in [1.54, 1.807) is 12.1 Å². The van der Waals surface area contributed by atoms with E-state index in [4.69, 9.17) is 4.74 Å². The van der Waals surface area contributed by atoms with E-state index in [0.29, 0.717) is 13.1 Å². The Morgan fingerprint density at radius 3 is 2.50 bits per heavy atom. The monoisotopic (exact) mass is 383 g/mol. The molecule has 1 aliphatic rings. The largest absolute Gasteiger partial charge is 0.391 e.